The highest BCUT2D eigenvalue weighted by atomic mass is 15.2. The molecule has 0 aromatic heterocycles. The first-order valence-corrected chi connectivity index (χ1v) is 7.89. The monoisotopic (exact) mass is 310 g/mol. The normalized spacial score (nSPS) is 23.3. The number of nitriles is 2. The molecule has 0 N–H and O–H groups in total. The molecular weight excluding hydrogens is 296 g/mol. The van der Waals surface area contributed by atoms with Crippen LogP contribution in [0.5, 0.6) is 0 Å². The van der Waals surface area contributed by atoms with Crippen LogP contribution in [0.1, 0.15) is 41.1 Å². The SMILES string of the molecule is CC1N=N[C@H]2c3ccccc3C(=C(C#N)C#N)c3ccccc3[C@@H]12. The lowest BCUT2D eigenvalue weighted by molar-refractivity contribution is 0.562. The van der Waals surface area contributed by atoms with Gasteiger partial charge in [-0.2, -0.15) is 20.8 Å². The Morgan fingerprint density at radius 1 is 0.875 bits per heavy atom. The Hall–Kier alpha value is -3.24. The topological polar surface area (TPSA) is 72.3 Å². The molecule has 0 saturated carbocycles. The van der Waals surface area contributed by atoms with Crippen LogP contribution in [0, 0.1) is 22.7 Å². The van der Waals surface area contributed by atoms with Crippen LogP contribution in [0.4, 0.5) is 0 Å². The minimum Gasteiger partial charge on any atom is -0.192 e. The van der Waals surface area contributed by atoms with E-state index in [1.807, 2.05) is 42.5 Å². The Kier molecular flexibility index (Phi) is 3.25. The van der Waals surface area contributed by atoms with Crippen LogP contribution in [0.2, 0.25) is 0 Å². The molecule has 1 aliphatic carbocycles. The molecule has 114 valence electrons. The molecule has 1 aliphatic heterocycles. The molecule has 1 unspecified atom stereocenters. The number of benzene rings is 2. The third kappa shape index (κ3) is 1.90. The van der Waals surface area contributed by atoms with Gasteiger partial charge in [-0.05, 0) is 29.2 Å². The van der Waals surface area contributed by atoms with Crippen LogP contribution >= 0.6 is 0 Å². The number of nitrogens with zero attached hydrogens (tertiary/aromatic N) is 4. The molecule has 4 nitrogen and oxygen atoms in total. The summed E-state index contributed by atoms with van der Waals surface area (Å²) in [6, 6.07) is 20.0. The fourth-order valence-electron chi connectivity index (χ4n) is 3.82. The summed E-state index contributed by atoms with van der Waals surface area (Å²) in [5.41, 5.74) is 4.83. The maximum atomic E-state index is 9.50. The van der Waals surface area contributed by atoms with Gasteiger partial charge in [0.1, 0.15) is 23.8 Å². The molecule has 2 aliphatic rings. The van der Waals surface area contributed by atoms with Crippen molar-refractivity contribution < 1.29 is 0 Å². The lowest BCUT2D eigenvalue weighted by atomic mass is 9.84. The number of azo groups is 1. The van der Waals surface area contributed by atoms with E-state index in [1.54, 1.807) is 0 Å². The molecule has 2 aromatic rings. The van der Waals surface area contributed by atoms with Gasteiger partial charge in [-0.25, -0.2) is 0 Å². The third-order valence-electron chi connectivity index (χ3n) is 4.84. The average Bonchev–Trinajstić information content (AvgIpc) is 2.95. The molecule has 0 bridgehead atoms. The fraction of sp³-hybridized carbons (Fsp3) is 0.200. The quantitative estimate of drug-likeness (QED) is 0.671. The van der Waals surface area contributed by atoms with Crippen molar-refractivity contribution in [3.05, 3.63) is 76.4 Å². The van der Waals surface area contributed by atoms with Gasteiger partial charge in [0.25, 0.3) is 0 Å². The van der Waals surface area contributed by atoms with Crippen LogP contribution in [-0.2, 0) is 0 Å². The van der Waals surface area contributed by atoms with Crippen LogP contribution in [0.25, 0.3) is 5.57 Å². The molecule has 0 amide bonds. The predicted molar refractivity (Wildman–Crippen MR) is 89.9 cm³/mol. The summed E-state index contributed by atoms with van der Waals surface area (Å²) in [5.74, 6) is 0.124. The summed E-state index contributed by atoms with van der Waals surface area (Å²) in [6.45, 7) is 2.07. The summed E-state index contributed by atoms with van der Waals surface area (Å²) < 4.78 is 0. The highest BCUT2D eigenvalue weighted by Gasteiger charge is 2.40. The van der Waals surface area contributed by atoms with Crippen molar-refractivity contribution >= 4 is 5.57 Å². The van der Waals surface area contributed by atoms with Gasteiger partial charge in [-0.15, -0.1) is 0 Å². The van der Waals surface area contributed by atoms with Crippen molar-refractivity contribution in [3.8, 4) is 12.1 Å². The van der Waals surface area contributed by atoms with Crippen molar-refractivity contribution in [1.82, 2.24) is 0 Å². The first kappa shape index (κ1) is 14.4. The second-order valence-electron chi connectivity index (χ2n) is 6.09. The largest absolute Gasteiger partial charge is 0.192 e. The van der Waals surface area contributed by atoms with E-state index in [-0.39, 0.29) is 23.6 Å². The fourth-order valence-corrected chi connectivity index (χ4v) is 3.82. The zero-order valence-electron chi connectivity index (χ0n) is 13.1. The molecule has 0 spiro atoms. The van der Waals surface area contributed by atoms with E-state index in [0.29, 0.717) is 5.57 Å². The standard InChI is InChI=1S/C20H14N4/c1-12-18-14-6-2-3-7-15(14)19(13(10-21)11-22)16-8-4-5-9-17(16)20(18)24-23-12/h2-9,12,18,20H,1H3/t12?,18-,20+/m1/s1. The van der Waals surface area contributed by atoms with Gasteiger partial charge < -0.3 is 0 Å². The van der Waals surface area contributed by atoms with Gasteiger partial charge in [0.05, 0.1) is 6.04 Å². The summed E-state index contributed by atoms with van der Waals surface area (Å²) in [6.07, 6.45) is 0. The van der Waals surface area contributed by atoms with E-state index < -0.39 is 0 Å². The minimum atomic E-state index is -0.0755. The third-order valence-corrected chi connectivity index (χ3v) is 4.84. The van der Waals surface area contributed by atoms with Gasteiger partial charge in [0, 0.05) is 11.5 Å². The van der Waals surface area contributed by atoms with Crippen LogP contribution in [0.3, 0.4) is 0 Å². The Morgan fingerprint density at radius 2 is 1.46 bits per heavy atom. The minimum absolute atomic E-state index is 0.0659. The maximum absolute atomic E-state index is 9.50. The zero-order valence-corrected chi connectivity index (χ0v) is 13.1. The molecule has 0 fully saturated rings. The zero-order chi connectivity index (χ0) is 16.7. The molecule has 24 heavy (non-hydrogen) atoms. The second kappa shape index (κ2) is 5.44. The number of allylic oxidation sites excluding steroid dienone is 1. The summed E-state index contributed by atoms with van der Waals surface area (Å²) >= 11 is 0. The maximum Gasteiger partial charge on any atom is 0.138 e. The number of fused-ring (bicyclic) bond motifs is 5. The van der Waals surface area contributed by atoms with E-state index in [1.165, 1.54) is 0 Å². The van der Waals surface area contributed by atoms with E-state index in [4.69, 9.17) is 0 Å². The number of hydrogen-bond acceptors (Lipinski definition) is 4. The highest BCUT2D eigenvalue weighted by molar-refractivity contribution is 5.90. The first-order chi connectivity index (χ1) is 11.8. The van der Waals surface area contributed by atoms with Crippen LogP contribution in [0.15, 0.2) is 64.3 Å². The molecular formula is C20H14N4. The van der Waals surface area contributed by atoms with E-state index in [9.17, 15) is 10.5 Å². The molecule has 2 aromatic carbocycles. The highest BCUT2D eigenvalue weighted by Crippen LogP contribution is 2.51. The van der Waals surface area contributed by atoms with Crippen molar-refractivity contribution in [2.75, 3.05) is 0 Å². The first-order valence-electron chi connectivity index (χ1n) is 7.89. The lowest BCUT2D eigenvalue weighted by Crippen LogP contribution is -2.14. The van der Waals surface area contributed by atoms with Crippen molar-refractivity contribution in [2.24, 2.45) is 10.2 Å². The average molecular weight is 310 g/mol. The smallest absolute Gasteiger partial charge is 0.138 e. The molecule has 1 heterocycles. The van der Waals surface area contributed by atoms with Crippen LogP contribution in [-0.4, -0.2) is 6.04 Å². The lowest BCUT2D eigenvalue weighted by Gasteiger charge is -2.20. The van der Waals surface area contributed by atoms with E-state index in [2.05, 4.69) is 35.4 Å². The molecule has 0 radical (unpaired) electrons. The number of hydrogen-bond donors (Lipinski definition) is 0. The Morgan fingerprint density at radius 3 is 2.12 bits per heavy atom. The second-order valence-corrected chi connectivity index (χ2v) is 6.09. The van der Waals surface area contributed by atoms with Gasteiger partial charge in [-0.1, -0.05) is 48.5 Å². The Balaban J connectivity index is 2.16. The van der Waals surface area contributed by atoms with Gasteiger partial charge in [-0.3, -0.25) is 0 Å². The van der Waals surface area contributed by atoms with Crippen LogP contribution < -0.4 is 0 Å². The van der Waals surface area contributed by atoms with Crippen molar-refractivity contribution in [1.29, 1.82) is 10.5 Å². The van der Waals surface area contributed by atoms with Gasteiger partial charge >= 0.3 is 0 Å². The van der Waals surface area contributed by atoms with Gasteiger partial charge in [0.2, 0.25) is 0 Å². The molecule has 3 atom stereocenters. The van der Waals surface area contributed by atoms with Gasteiger partial charge in [0.15, 0.2) is 0 Å². The summed E-state index contributed by atoms with van der Waals surface area (Å²) in [7, 11) is 0. The Labute approximate surface area is 140 Å². The molecule has 4 rings (SSSR count). The van der Waals surface area contributed by atoms with Crippen molar-refractivity contribution in [3.63, 3.8) is 0 Å². The molecule has 0 saturated heterocycles. The van der Waals surface area contributed by atoms with E-state index >= 15 is 0 Å². The van der Waals surface area contributed by atoms with E-state index in [0.717, 1.165) is 22.3 Å². The van der Waals surface area contributed by atoms with Crippen molar-refractivity contribution in [2.45, 2.75) is 24.9 Å². The molecule has 4 heteroatoms. The summed E-state index contributed by atoms with van der Waals surface area (Å²) in [4.78, 5) is 0. The predicted octanol–water partition coefficient (Wildman–Crippen LogP) is 4.53. The Bertz CT molecular complexity index is 956. The number of rotatable bonds is 0. The summed E-state index contributed by atoms with van der Waals surface area (Å²) in [5, 5.41) is 27.9.